The fourth-order valence-corrected chi connectivity index (χ4v) is 1.80. The fourth-order valence-electron chi connectivity index (χ4n) is 1.59. The summed E-state index contributed by atoms with van der Waals surface area (Å²) in [7, 11) is 0. The normalized spacial score (nSPS) is 9.83. The molecule has 0 amide bonds. The maximum Gasteiger partial charge on any atom is 0.139 e. The Bertz CT molecular complexity index is 605. The first kappa shape index (κ1) is 12.4. The molecule has 0 atom stereocenters. The van der Waals surface area contributed by atoms with Crippen LogP contribution in [0.5, 0.6) is 5.75 Å². The fraction of sp³-hybridized carbons (Fsp3) is 0.143. The Balaban J connectivity index is 2.16. The summed E-state index contributed by atoms with van der Waals surface area (Å²) in [4.78, 5) is 4.09. The molecular weight excluding hydrogens is 248 g/mol. The van der Waals surface area contributed by atoms with E-state index < -0.39 is 0 Å². The highest BCUT2D eigenvalue weighted by atomic mass is 35.5. The third kappa shape index (κ3) is 2.79. The van der Waals surface area contributed by atoms with Crippen LogP contribution in [-0.2, 0) is 6.61 Å². The Morgan fingerprint density at radius 3 is 2.94 bits per heavy atom. The number of benzene rings is 1. The number of nitriles is 1. The number of aryl methyl sites for hydroxylation is 1. The standard InChI is InChI=1S/C14H11ClN2O/c1-10-5-11(8-17-7-10)9-18-14-4-2-3-13(15)12(14)6-16/h2-5,7-8H,9H2,1H3. The van der Waals surface area contributed by atoms with Gasteiger partial charge in [-0.2, -0.15) is 5.26 Å². The predicted molar refractivity (Wildman–Crippen MR) is 69.5 cm³/mol. The van der Waals surface area contributed by atoms with E-state index in [0.29, 0.717) is 22.9 Å². The molecule has 1 heterocycles. The molecule has 0 aliphatic carbocycles. The number of hydrogen-bond donors (Lipinski definition) is 0. The molecule has 0 unspecified atom stereocenters. The SMILES string of the molecule is Cc1cncc(COc2cccc(Cl)c2C#N)c1. The summed E-state index contributed by atoms with van der Waals surface area (Å²) in [5, 5.41) is 9.41. The molecule has 2 rings (SSSR count). The van der Waals surface area contributed by atoms with Crippen LogP contribution in [-0.4, -0.2) is 4.98 Å². The molecule has 1 aromatic heterocycles. The van der Waals surface area contributed by atoms with Crippen LogP contribution in [0.1, 0.15) is 16.7 Å². The Morgan fingerprint density at radius 2 is 2.22 bits per heavy atom. The van der Waals surface area contributed by atoms with E-state index in [0.717, 1.165) is 11.1 Å². The smallest absolute Gasteiger partial charge is 0.139 e. The van der Waals surface area contributed by atoms with Crippen LogP contribution in [0, 0.1) is 18.3 Å². The molecule has 2 aromatic rings. The van der Waals surface area contributed by atoms with Gasteiger partial charge in [-0.15, -0.1) is 0 Å². The first-order valence-corrected chi connectivity index (χ1v) is 5.80. The largest absolute Gasteiger partial charge is 0.487 e. The van der Waals surface area contributed by atoms with E-state index >= 15 is 0 Å². The van der Waals surface area contributed by atoms with E-state index in [2.05, 4.69) is 4.98 Å². The van der Waals surface area contributed by atoms with Gasteiger partial charge in [0, 0.05) is 18.0 Å². The van der Waals surface area contributed by atoms with Gasteiger partial charge in [-0.3, -0.25) is 4.98 Å². The van der Waals surface area contributed by atoms with Gasteiger partial charge >= 0.3 is 0 Å². The topological polar surface area (TPSA) is 45.9 Å². The van der Waals surface area contributed by atoms with Crippen molar-refractivity contribution in [1.29, 1.82) is 5.26 Å². The van der Waals surface area contributed by atoms with Crippen LogP contribution in [0.15, 0.2) is 36.7 Å². The minimum atomic E-state index is 0.361. The van der Waals surface area contributed by atoms with E-state index in [9.17, 15) is 0 Å². The van der Waals surface area contributed by atoms with Gasteiger partial charge < -0.3 is 4.74 Å². The van der Waals surface area contributed by atoms with Gasteiger partial charge in [0.2, 0.25) is 0 Å². The van der Waals surface area contributed by atoms with Gasteiger partial charge in [0.15, 0.2) is 0 Å². The van der Waals surface area contributed by atoms with E-state index in [4.69, 9.17) is 21.6 Å². The number of ether oxygens (including phenoxy) is 1. The van der Waals surface area contributed by atoms with Crippen molar-refractivity contribution in [3.8, 4) is 11.8 Å². The van der Waals surface area contributed by atoms with Crippen molar-refractivity contribution in [2.45, 2.75) is 13.5 Å². The first-order chi connectivity index (χ1) is 8.70. The molecule has 0 saturated carbocycles. The van der Waals surface area contributed by atoms with Crippen LogP contribution in [0.2, 0.25) is 5.02 Å². The number of pyridine rings is 1. The second kappa shape index (κ2) is 5.52. The van der Waals surface area contributed by atoms with Crippen LogP contribution in [0.4, 0.5) is 0 Å². The second-order valence-electron chi connectivity index (χ2n) is 3.88. The predicted octanol–water partition coefficient (Wildman–Crippen LogP) is 3.49. The molecule has 0 saturated heterocycles. The molecule has 4 heteroatoms. The lowest BCUT2D eigenvalue weighted by Crippen LogP contribution is -1.98. The molecule has 0 aliphatic heterocycles. The lowest BCUT2D eigenvalue weighted by atomic mass is 10.2. The summed E-state index contributed by atoms with van der Waals surface area (Å²) in [5.74, 6) is 0.492. The highest BCUT2D eigenvalue weighted by Crippen LogP contribution is 2.25. The average Bonchev–Trinajstić information content (AvgIpc) is 2.36. The third-order valence-electron chi connectivity index (χ3n) is 2.41. The van der Waals surface area contributed by atoms with Crippen molar-refractivity contribution in [3.05, 3.63) is 58.4 Å². The molecule has 18 heavy (non-hydrogen) atoms. The van der Waals surface area contributed by atoms with Crippen molar-refractivity contribution in [2.24, 2.45) is 0 Å². The van der Waals surface area contributed by atoms with Crippen LogP contribution < -0.4 is 4.74 Å². The number of halogens is 1. The van der Waals surface area contributed by atoms with Crippen molar-refractivity contribution >= 4 is 11.6 Å². The van der Waals surface area contributed by atoms with E-state index in [1.165, 1.54) is 0 Å². The summed E-state index contributed by atoms with van der Waals surface area (Å²) in [5.41, 5.74) is 2.39. The number of nitrogens with zero attached hydrogens (tertiary/aromatic N) is 2. The summed E-state index contributed by atoms with van der Waals surface area (Å²) in [6.07, 6.45) is 3.52. The number of aromatic nitrogens is 1. The molecule has 0 fully saturated rings. The molecule has 0 aliphatic rings. The summed E-state index contributed by atoms with van der Waals surface area (Å²) in [6, 6.07) is 9.18. The molecule has 0 radical (unpaired) electrons. The Labute approximate surface area is 111 Å². The Hall–Kier alpha value is -2.05. The van der Waals surface area contributed by atoms with E-state index in [1.807, 2.05) is 19.1 Å². The number of rotatable bonds is 3. The van der Waals surface area contributed by atoms with Crippen molar-refractivity contribution in [2.75, 3.05) is 0 Å². The zero-order valence-corrected chi connectivity index (χ0v) is 10.6. The van der Waals surface area contributed by atoms with Gasteiger partial charge in [-0.25, -0.2) is 0 Å². The zero-order valence-electron chi connectivity index (χ0n) is 9.85. The zero-order chi connectivity index (χ0) is 13.0. The van der Waals surface area contributed by atoms with Crippen molar-refractivity contribution in [1.82, 2.24) is 4.98 Å². The maximum absolute atomic E-state index is 9.01. The van der Waals surface area contributed by atoms with Crippen LogP contribution in [0.25, 0.3) is 0 Å². The minimum absolute atomic E-state index is 0.361. The van der Waals surface area contributed by atoms with Crippen LogP contribution >= 0.6 is 11.6 Å². The molecule has 1 aromatic carbocycles. The highest BCUT2D eigenvalue weighted by Gasteiger charge is 2.07. The van der Waals surface area contributed by atoms with Crippen LogP contribution in [0.3, 0.4) is 0 Å². The van der Waals surface area contributed by atoms with E-state index in [-0.39, 0.29) is 0 Å². The van der Waals surface area contributed by atoms with Crippen molar-refractivity contribution < 1.29 is 4.74 Å². The second-order valence-corrected chi connectivity index (χ2v) is 4.29. The first-order valence-electron chi connectivity index (χ1n) is 5.42. The average molecular weight is 259 g/mol. The molecule has 0 N–H and O–H groups in total. The maximum atomic E-state index is 9.01. The summed E-state index contributed by atoms with van der Waals surface area (Å²) >= 11 is 5.92. The van der Waals surface area contributed by atoms with Gasteiger partial charge in [-0.1, -0.05) is 17.7 Å². The van der Waals surface area contributed by atoms with Gasteiger partial charge in [0.25, 0.3) is 0 Å². The van der Waals surface area contributed by atoms with Gasteiger partial charge in [-0.05, 0) is 30.7 Å². The minimum Gasteiger partial charge on any atom is -0.487 e. The quantitative estimate of drug-likeness (QED) is 0.847. The van der Waals surface area contributed by atoms with E-state index in [1.54, 1.807) is 30.6 Å². The lowest BCUT2D eigenvalue weighted by Gasteiger charge is -2.08. The molecule has 3 nitrogen and oxygen atoms in total. The molecule has 90 valence electrons. The monoisotopic (exact) mass is 258 g/mol. The molecular formula is C14H11ClN2O. The summed E-state index contributed by atoms with van der Waals surface area (Å²) in [6.45, 7) is 2.33. The third-order valence-corrected chi connectivity index (χ3v) is 2.73. The Kier molecular flexibility index (Phi) is 3.81. The van der Waals surface area contributed by atoms with Gasteiger partial charge in [0.05, 0.1) is 5.02 Å². The number of hydrogen-bond acceptors (Lipinski definition) is 3. The molecule has 0 spiro atoms. The highest BCUT2D eigenvalue weighted by molar-refractivity contribution is 6.31. The van der Waals surface area contributed by atoms with Gasteiger partial charge in [0.1, 0.15) is 24.0 Å². The van der Waals surface area contributed by atoms with Crippen molar-refractivity contribution in [3.63, 3.8) is 0 Å². The Morgan fingerprint density at radius 1 is 1.39 bits per heavy atom. The summed E-state index contributed by atoms with van der Waals surface area (Å²) < 4.78 is 5.60. The lowest BCUT2D eigenvalue weighted by molar-refractivity contribution is 0.305. The molecule has 0 bridgehead atoms.